The molecule has 3 N–H and O–H groups in total. The molecule has 4 nitrogen and oxygen atoms in total. The van der Waals surface area contributed by atoms with E-state index in [0.29, 0.717) is 13.0 Å². The van der Waals surface area contributed by atoms with Gasteiger partial charge in [0, 0.05) is 24.5 Å². The first-order chi connectivity index (χ1) is 9.75. The van der Waals surface area contributed by atoms with Crippen LogP contribution in [0.3, 0.4) is 0 Å². The lowest BCUT2D eigenvalue weighted by atomic mass is 10.1. The molecule has 0 saturated carbocycles. The number of aryl methyl sites for hydroxylation is 1. The molecule has 0 unspecified atom stereocenters. The first kappa shape index (κ1) is 14.7. The summed E-state index contributed by atoms with van der Waals surface area (Å²) in [7, 11) is 0. The van der Waals surface area contributed by atoms with Crippen LogP contribution in [0.1, 0.15) is 17.0 Å². The van der Waals surface area contributed by atoms with Crippen molar-refractivity contribution in [1.82, 2.24) is 10.3 Å². The maximum Gasteiger partial charge on any atom is 0.236 e. The second-order valence-corrected chi connectivity index (χ2v) is 5.58. The minimum atomic E-state index is -0.452. The molecule has 1 aromatic heterocycles. The van der Waals surface area contributed by atoms with Crippen LogP contribution in [0.4, 0.5) is 0 Å². The number of carbonyl (C=O) groups excluding carboxylic acids is 1. The van der Waals surface area contributed by atoms with E-state index >= 15 is 0 Å². The molecule has 5 heteroatoms. The fraction of sp³-hybridized carbons (Fsp3) is 0.333. The van der Waals surface area contributed by atoms with Crippen LogP contribution in [0, 0.1) is 0 Å². The Hall–Kier alpha value is -1.72. The van der Waals surface area contributed by atoms with Gasteiger partial charge in [0.2, 0.25) is 5.91 Å². The Balaban J connectivity index is 1.66. The number of amides is 1. The SMILES string of the molecule is N[C@@H](CCc1ccccc1)C(=O)NCCc1nccs1. The van der Waals surface area contributed by atoms with Crippen LogP contribution in [0.25, 0.3) is 0 Å². The minimum Gasteiger partial charge on any atom is -0.354 e. The average molecular weight is 289 g/mol. The Labute approximate surface area is 123 Å². The Morgan fingerprint density at radius 3 is 2.80 bits per heavy atom. The number of carbonyl (C=O) groups is 1. The number of benzene rings is 1. The van der Waals surface area contributed by atoms with E-state index in [1.54, 1.807) is 17.5 Å². The first-order valence-corrected chi connectivity index (χ1v) is 7.59. The summed E-state index contributed by atoms with van der Waals surface area (Å²) in [6.07, 6.45) is 4.01. The number of nitrogens with two attached hydrogens (primary N) is 1. The maximum atomic E-state index is 11.8. The number of thiazole rings is 1. The largest absolute Gasteiger partial charge is 0.354 e. The van der Waals surface area contributed by atoms with Gasteiger partial charge in [0.15, 0.2) is 0 Å². The van der Waals surface area contributed by atoms with Gasteiger partial charge in [-0.1, -0.05) is 30.3 Å². The van der Waals surface area contributed by atoms with Gasteiger partial charge in [-0.25, -0.2) is 4.98 Å². The van der Waals surface area contributed by atoms with E-state index in [1.807, 2.05) is 35.7 Å². The summed E-state index contributed by atoms with van der Waals surface area (Å²) >= 11 is 1.60. The highest BCUT2D eigenvalue weighted by molar-refractivity contribution is 7.09. The van der Waals surface area contributed by atoms with Crippen LogP contribution >= 0.6 is 11.3 Å². The van der Waals surface area contributed by atoms with Crippen LogP contribution < -0.4 is 11.1 Å². The summed E-state index contributed by atoms with van der Waals surface area (Å²) in [6, 6.07) is 9.62. The molecule has 0 aliphatic heterocycles. The zero-order valence-corrected chi connectivity index (χ0v) is 12.1. The van der Waals surface area contributed by atoms with Gasteiger partial charge in [-0.2, -0.15) is 0 Å². The van der Waals surface area contributed by atoms with Crippen molar-refractivity contribution in [2.75, 3.05) is 6.54 Å². The van der Waals surface area contributed by atoms with Crippen molar-refractivity contribution in [3.05, 3.63) is 52.5 Å². The molecule has 106 valence electrons. The Morgan fingerprint density at radius 2 is 2.10 bits per heavy atom. The number of hydrogen-bond donors (Lipinski definition) is 2. The summed E-state index contributed by atoms with van der Waals surface area (Å²) in [4.78, 5) is 16.0. The number of nitrogens with zero attached hydrogens (tertiary/aromatic N) is 1. The number of hydrogen-bond acceptors (Lipinski definition) is 4. The van der Waals surface area contributed by atoms with Gasteiger partial charge < -0.3 is 11.1 Å². The van der Waals surface area contributed by atoms with Gasteiger partial charge in [0.05, 0.1) is 11.0 Å². The van der Waals surface area contributed by atoms with Gasteiger partial charge in [0.1, 0.15) is 0 Å². The summed E-state index contributed by atoms with van der Waals surface area (Å²) < 4.78 is 0. The molecule has 1 heterocycles. The van der Waals surface area contributed by atoms with Gasteiger partial charge in [-0.05, 0) is 18.4 Å². The normalized spacial score (nSPS) is 12.1. The van der Waals surface area contributed by atoms with Gasteiger partial charge in [-0.15, -0.1) is 11.3 Å². The smallest absolute Gasteiger partial charge is 0.236 e. The summed E-state index contributed by atoms with van der Waals surface area (Å²) in [5, 5.41) is 5.82. The monoisotopic (exact) mass is 289 g/mol. The standard InChI is InChI=1S/C15H19N3OS/c16-13(7-6-12-4-2-1-3-5-12)15(19)18-9-8-14-17-10-11-20-14/h1-5,10-11,13H,6-9,16H2,(H,18,19)/t13-/m0/s1. The third-order valence-electron chi connectivity index (χ3n) is 3.05. The molecule has 0 saturated heterocycles. The van der Waals surface area contributed by atoms with Crippen LogP contribution in [-0.2, 0) is 17.6 Å². The molecule has 1 aromatic carbocycles. The fourth-order valence-corrected chi connectivity index (χ4v) is 2.52. The van der Waals surface area contributed by atoms with Crippen molar-refractivity contribution < 1.29 is 4.79 Å². The third-order valence-corrected chi connectivity index (χ3v) is 3.88. The Bertz CT molecular complexity index is 513. The molecule has 20 heavy (non-hydrogen) atoms. The Morgan fingerprint density at radius 1 is 1.30 bits per heavy atom. The number of nitrogens with one attached hydrogen (secondary N) is 1. The van der Waals surface area contributed by atoms with Crippen molar-refractivity contribution in [2.24, 2.45) is 5.73 Å². The van der Waals surface area contributed by atoms with Crippen molar-refractivity contribution in [3.8, 4) is 0 Å². The molecular weight excluding hydrogens is 270 g/mol. The van der Waals surface area contributed by atoms with E-state index in [2.05, 4.69) is 10.3 Å². The topological polar surface area (TPSA) is 68.0 Å². The minimum absolute atomic E-state index is 0.0857. The molecule has 2 rings (SSSR count). The summed E-state index contributed by atoms with van der Waals surface area (Å²) in [6.45, 7) is 0.589. The predicted molar refractivity (Wildman–Crippen MR) is 81.6 cm³/mol. The van der Waals surface area contributed by atoms with Gasteiger partial charge in [-0.3, -0.25) is 4.79 Å². The second-order valence-electron chi connectivity index (χ2n) is 4.60. The quantitative estimate of drug-likeness (QED) is 0.816. The van der Waals surface area contributed by atoms with Crippen molar-refractivity contribution >= 4 is 17.2 Å². The number of rotatable bonds is 7. The number of aromatic nitrogens is 1. The van der Waals surface area contributed by atoms with Crippen molar-refractivity contribution in [1.29, 1.82) is 0 Å². The van der Waals surface area contributed by atoms with E-state index in [1.165, 1.54) is 5.56 Å². The lowest BCUT2D eigenvalue weighted by molar-refractivity contribution is -0.122. The average Bonchev–Trinajstić information content (AvgIpc) is 2.99. The van der Waals surface area contributed by atoms with Crippen molar-refractivity contribution in [2.45, 2.75) is 25.3 Å². The molecule has 0 spiro atoms. The molecule has 0 fully saturated rings. The predicted octanol–water partition coefficient (Wildman–Crippen LogP) is 1.76. The third kappa shape index (κ3) is 4.75. The summed E-state index contributed by atoms with van der Waals surface area (Å²) in [5.74, 6) is -0.0857. The molecule has 0 aliphatic rings. The van der Waals surface area contributed by atoms with Crippen LogP contribution in [0.15, 0.2) is 41.9 Å². The first-order valence-electron chi connectivity index (χ1n) is 6.71. The van der Waals surface area contributed by atoms with Crippen molar-refractivity contribution in [3.63, 3.8) is 0 Å². The highest BCUT2D eigenvalue weighted by atomic mass is 32.1. The van der Waals surface area contributed by atoms with E-state index in [9.17, 15) is 4.79 Å². The molecule has 0 bridgehead atoms. The van der Waals surface area contributed by atoms with Crippen LogP contribution in [-0.4, -0.2) is 23.5 Å². The molecule has 1 atom stereocenters. The molecular formula is C15H19N3OS. The highest BCUT2D eigenvalue weighted by Crippen LogP contribution is 2.05. The lowest BCUT2D eigenvalue weighted by Gasteiger charge is -2.11. The van der Waals surface area contributed by atoms with Gasteiger partial charge >= 0.3 is 0 Å². The fourth-order valence-electron chi connectivity index (χ4n) is 1.90. The zero-order chi connectivity index (χ0) is 14.2. The molecule has 0 aliphatic carbocycles. The van der Waals surface area contributed by atoms with E-state index in [-0.39, 0.29) is 5.91 Å². The highest BCUT2D eigenvalue weighted by Gasteiger charge is 2.12. The Kier molecular flexibility index (Phi) is 5.70. The van der Waals surface area contributed by atoms with Crippen LogP contribution in [0.5, 0.6) is 0 Å². The maximum absolute atomic E-state index is 11.8. The zero-order valence-electron chi connectivity index (χ0n) is 11.3. The van der Waals surface area contributed by atoms with Gasteiger partial charge in [0.25, 0.3) is 0 Å². The van der Waals surface area contributed by atoms with E-state index < -0.39 is 6.04 Å². The molecule has 0 radical (unpaired) electrons. The molecule has 2 aromatic rings. The van der Waals surface area contributed by atoms with Crippen LogP contribution in [0.2, 0.25) is 0 Å². The second kappa shape index (κ2) is 7.77. The molecule has 1 amide bonds. The van der Waals surface area contributed by atoms with E-state index in [4.69, 9.17) is 5.73 Å². The lowest BCUT2D eigenvalue weighted by Crippen LogP contribution is -2.41. The summed E-state index contributed by atoms with van der Waals surface area (Å²) in [5.41, 5.74) is 7.11. The van der Waals surface area contributed by atoms with E-state index in [0.717, 1.165) is 17.8 Å².